The molecule has 0 spiro atoms. The molecule has 75 heavy (non-hydrogen) atoms. The van der Waals surface area contributed by atoms with Gasteiger partial charge in [0.1, 0.15) is 43.6 Å². The molecule has 8 rings (SSSR count). The average Bonchev–Trinajstić information content (AvgIpc) is 3.35. The molecule has 0 fully saturated rings. The molecule has 0 saturated carbocycles. The smallest absolute Gasteiger partial charge is 0.870 e. The van der Waals surface area contributed by atoms with Gasteiger partial charge in [0, 0.05) is 27.7 Å². The summed E-state index contributed by atoms with van der Waals surface area (Å²) in [7, 11) is -9.45. The van der Waals surface area contributed by atoms with Gasteiger partial charge in [-0.3, -0.25) is 14.1 Å². The average molecular weight is 1120 g/mol. The van der Waals surface area contributed by atoms with Crippen molar-refractivity contribution in [2.24, 2.45) is 20.5 Å². The number of anilines is 2. The number of aromatic hydroxyl groups is 1. The summed E-state index contributed by atoms with van der Waals surface area (Å²) in [6.07, 6.45) is 0. The van der Waals surface area contributed by atoms with Gasteiger partial charge in [0.05, 0.1) is 39.4 Å². The van der Waals surface area contributed by atoms with Crippen LogP contribution in [-0.4, -0.2) is 93.8 Å². The number of ether oxygens (including phenoxy) is 2. The van der Waals surface area contributed by atoms with E-state index in [1.54, 1.807) is 111 Å². The number of carbonyl (C=O) groups excluding carboxylic acids is 2. The number of hydrogen-bond donors (Lipinski definition) is 4. The van der Waals surface area contributed by atoms with E-state index in [0.717, 1.165) is 12.1 Å². The van der Waals surface area contributed by atoms with Gasteiger partial charge in [-0.05, 0) is 122 Å². The number of hydrogen-bond acceptors (Lipinski definition) is 15. The monoisotopic (exact) mass is 1120 g/mol. The predicted octanol–water partition coefficient (Wildman–Crippen LogP) is 12.3. The SMILES string of the molecule is CCOc1ccc(NC(=O)c2cc3ccccc3c(N=Nc3c(C)ccc(S(=O)(=O)O)c3Cl)c2O)cc1.CCOc1ccc(NC(=O)c2cc3ccccc3c(N=Nc3c(C)ccc(S(=O)(=O)[O-])c3Cl)c2[O-])cc1.[Ca+2]. The van der Waals surface area contributed by atoms with Gasteiger partial charge in [0.2, 0.25) is 0 Å². The van der Waals surface area contributed by atoms with Crippen molar-refractivity contribution in [3.05, 3.63) is 166 Å². The zero-order valence-corrected chi connectivity index (χ0v) is 45.5. The van der Waals surface area contributed by atoms with Crippen LogP contribution in [0.1, 0.15) is 45.7 Å². The zero-order chi connectivity index (χ0) is 53.5. The van der Waals surface area contributed by atoms with Crippen molar-refractivity contribution in [3.63, 3.8) is 0 Å². The van der Waals surface area contributed by atoms with Gasteiger partial charge in [-0.1, -0.05) is 89.6 Å². The number of nitrogens with one attached hydrogen (secondary N) is 2. The van der Waals surface area contributed by atoms with Crippen LogP contribution in [0.4, 0.5) is 34.1 Å². The minimum Gasteiger partial charge on any atom is -0.870 e. The maximum Gasteiger partial charge on any atom is 2.00 e. The quantitative estimate of drug-likeness (QED) is 0.0449. The summed E-state index contributed by atoms with van der Waals surface area (Å²) in [6, 6.07) is 35.2. The Labute approximate surface area is 470 Å². The Balaban J connectivity index is 0.000000241. The van der Waals surface area contributed by atoms with Crippen molar-refractivity contribution < 1.29 is 55.2 Å². The minimum atomic E-state index is -4.86. The van der Waals surface area contributed by atoms with Gasteiger partial charge >= 0.3 is 37.7 Å². The Kier molecular flexibility index (Phi) is 19.0. The second-order valence-corrected chi connectivity index (χ2v) is 19.4. The maximum atomic E-state index is 13.4. The molecule has 0 saturated heterocycles. The first kappa shape index (κ1) is 57.6. The number of phenols is 1. The first-order valence-corrected chi connectivity index (χ1v) is 25.7. The maximum absolute atomic E-state index is 13.4. The fourth-order valence-corrected chi connectivity index (χ4v) is 9.48. The molecule has 4 N–H and O–H groups in total. The van der Waals surface area contributed by atoms with Crippen molar-refractivity contribution >= 4 is 149 Å². The molecule has 18 nitrogen and oxygen atoms in total. The molecular formula is C52H42CaCl2N6O12S2. The van der Waals surface area contributed by atoms with E-state index in [2.05, 4.69) is 31.1 Å². The van der Waals surface area contributed by atoms with E-state index in [1.165, 1.54) is 24.3 Å². The standard InChI is InChI=1S/2C26H22ClN3O6S.Ca/c2*1-3-36-18-11-9-17(10-12-18)28-26(32)20-14-16-6-4-5-7-19(16)24(25(20)31)30-29-23-15(2)8-13-21(22(23)27)37(33,34)35;/h2*4-14,31H,3H2,1-2H3,(H,28,32)(H,33,34,35);/q;;+2/p-2. The third-order valence-electron chi connectivity index (χ3n) is 10.9. The van der Waals surface area contributed by atoms with E-state index in [9.17, 15) is 45.7 Å². The van der Waals surface area contributed by atoms with Gasteiger partial charge in [-0.2, -0.15) is 13.5 Å². The van der Waals surface area contributed by atoms with E-state index in [4.69, 9.17) is 32.7 Å². The number of aryl methyl sites for hydroxylation is 2. The molecule has 0 heterocycles. The molecule has 0 aliphatic carbocycles. The third kappa shape index (κ3) is 13.6. The van der Waals surface area contributed by atoms with E-state index in [1.807, 2.05) is 13.8 Å². The summed E-state index contributed by atoms with van der Waals surface area (Å²) in [4.78, 5) is 25.0. The number of carbonyl (C=O) groups is 2. The van der Waals surface area contributed by atoms with Crippen molar-refractivity contribution in [1.29, 1.82) is 0 Å². The van der Waals surface area contributed by atoms with E-state index >= 15 is 0 Å². The molecule has 380 valence electrons. The summed E-state index contributed by atoms with van der Waals surface area (Å²) in [5.74, 6) is -1.04. The Morgan fingerprint density at radius 2 is 0.987 bits per heavy atom. The van der Waals surface area contributed by atoms with Gasteiger partial charge in [-0.15, -0.1) is 15.3 Å². The first-order chi connectivity index (χ1) is 35.2. The molecule has 0 bridgehead atoms. The summed E-state index contributed by atoms with van der Waals surface area (Å²) >= 11 is 12.3. The van der Waals surface area contributed by atoms with Crippen LogP contribution < -0.4 is 25.2 Å². The molecule has 0 unspecified atom stereocenters. The van der Waals surface area contributed by atoms with Crippen LogP contribution in [0.5, 0.6) is 23.0 Å². The normalized spacial score (nSPS) is 11.5. The first-order valence-electron chi connectivity index (χ1n) is 22.1. The zero-order valence-electron chi connectivity index (χ0n) is 40.2. The number of nitrogens with zero attached hydrogens (tertiary/aromatic N) is 4. The van der Waals surface area contributed by atoms with Crippen LogP contribution in [0.3, 0.4) is 0 Å². The fourth-order valence-electron chi connectivity index (χ4n) is 7.29. The number of amides is 2. The molecular weight excluding hydrogens is 1080 g/mol. The summed E-state index contributed by atoms with van der Waals surface area (Å²) in [5, 5.41) is 47.5. The molecule has 0 aliphatic heterocycles. The van der Waals surface area contributed by atoms with Gasteiger partial charge in [0.15, 0.2) is 5.75 Å². The van der Waals surface area contributed by atoms with Gasteiger partial charge in [-0.25, -0.2) is 8.42 Å². The van der Waals surface area contributed by atoms with E-state index < -0.39 is 58.4 Å². The Bertz CT molecular complexity index is 3530. The molecule has 0 atom stereocenters. The second kappa shape index (κ2) is 24.7. The Morgan fingerprint density at radius 3 is 1.45 bits per heavy atom. The van der Waals surface area contributed by atoms with Crippen LogP contribution in [-0.2, 0) is 20.2 Å². The number of fused-ring (bicyclic) bond motifs is 2. The molecule has 0 aromatic heterocycles. The largest absolute Gasteiger partial charge is 2.00 e. The number of azo groups is 2. The van der Waals surface area contributed by atoms with E-state index in [0.29, 0.717) is 68.8 Å². The second-order valence-electron chi connectivity index (χ2n) is 15.9. The van der Waals surface area contributed by atoms with E-state index in [-0.39, 0.29) is 76.6 Å². The Hall–Kier alpha value is -6.72. The molecule has 23 heteroatoms. The van der Waals surface area contributed by atoms with Crippen LogP contribution in [0, 0.1) is 13.8 Å². The van der Waals surface area contributed by atoms with Crippen LogP contribution >= 0.6 is 23.2 Å². The number of benzene rings is 8. The molecule has 0 aliphatic rings. The predicted molar refractivity (Wildman–Crippen MR) is 284 cm³/mol. The van der Waals surface area contributed by atoms with Crippen molar-refractivity contribution in [2.45, 2.75) is 37.5 Å². The van der Waals surface area contributed by atoms with Crippen LogP contribution in [0.2, 0.25) is 10.0 Å². The third-order valence-corrected chi connectivity index (χ3v) is 13.7. The van der Waals surface area contributed by atoms with Gasteiger partial charge in [0.25, 0.3) is 21.9 Å². The van der Waals surface area contributed by atoms with Crippen LogP contribution in [0.25, 0.3) is 21.5 Å². The Morgan fingerprint density at radius 1 is 0.587 bits per heavy atom. The summed E-state index contributed by atoms with van der Waals surface area (Å²) in [6.45, 7) is 7.97. The number of halogens is 2. The fraction of sp³-hybridized carbons (Fsp3) is 0.115. The van der Waals surface area contributed by atoms with Crippen LogP contribution in [0.15, 0.2) is 164 Å². The van der Waals surface area contributed by atoms with Crippen molar-refractivity contribution in [3.8, 4) is 23.0 Å². The van der Waals surface area contributed by atoms with Gasteiger partial charge < -0.3 is 34.9 Å². The molecule has 0 radical (unpaired) electrons. The molecule has 8 aromatic rings. The number of rotatable bonds is 14. The summed E-state index contributed by atoms with van der Waals surface area (Å²) in [5.41, 5.74) is 1.42. The molecule has 8 aromatic carbocycles. The van der Waals surface area contributed by atoms with Crippen molar-refractivity contribution in [1.82, 2.24) is 0 Å². The topological polar surface area (TPSA) is 281 Å². The number of phenolic OH excluding ortho intramolecular Hbond substituents is 1. The van der Waals surface area contributed by atoms with Crippen molar-refractivity contribution in [2.75, 3.05) is 23.8 Å². The summed E-state index contributed by atoms with van der Waals surface area (Å²) < 4.78 is 78.1. The minimum absolute atomic E-state index is 0. The molecule has 2 amide bonds.